The highest BCUT2D eigenvalue weighted by Gasteiger charge is 2.25. The van der Waals surface area contributed by atoms with Crippen LogP contribution in [0.4, 0.5) is 0 Å². The maximum absolute atomic E-state index is 12.4. The second-order valence-electron chi connectivity index (χ2n) is 5.89. The number of para-hydroxylation sites is 1. The van der Waals surface area contributed by atoms with Gasteiger partial charge in [-0.2, -0.15) is 18.4 Å². The first-order valence-corrected chi connectivity index (χ1v) is 9.57. The van der Waals surface area contributed by atoms with E-state index in [1.54, 1.807) is 18.2 Å². The summed E-state index contributed by atoms with van der Waals surface area (Å²) >= 11 is 0. The molecule has 0 atom stereocenters. The zero-order valence-corrected chi connectivity index (χ0v) is 14.5. The van der Waals surface area contributed by atoms with Crippen molar-refractivity contribution in [3.63, 3.8) is 0 Å². The summed E-state index contributed by atoms with van der Waals surface area (Å²) < 4.78 is 24.9. The molecule has 0 saturated heterocycles. The molecule has 0 aliphatic carbocycles. The highest BCUT2D eigenvalue weighted by Crippen LogP contribution is 2.25. The highest BCUT2D eigenvalue weighted by atomic mass is 32.2. The van der Waals surface area contributed by atoms with E-state index in [9.17, 15) is 13.2 Å². The van der Waals surface area contributed by atoms with Crippen LogP contribution >= 0.6 is 0 Å². The summed E-state index contributed by atoms with van der Waals surface area (Å²) in [5, 5.41) is 7.78. The summed E-state index contributed by atoms with van der Waals surface area (Å²) in [5.74, 6) is -0.229. The van der Waals surface area contributed by atoms with Crippen molar-refractivity contribution in [1.29, 1.82) is 0 Å². The number of aromatic amines is 1. The van der Waals surface area contributed by atoms with Gasteiger partial charge in [-0.25, -0.2) is 0 Å². The molecule has 2 aromatic carbocycles. The van der Waals surface area contributed by atoms with Gasteiger partial charge in [0.15, 0.2) is 0 Å². The molecule has 0 radical (unpaired) electrons. The van der Waals surface area contributed by atoms with E-state index in [2.05, 4.69) is 20.2 Å². The Morgan fingerprint density at radius 1 is 1.00 bits per heavy atom. The minimum absolute atomic E-state index is 0.131. The van der Waals surface area contributed by atoms with Crippen LogP contribution in [0.25, 0.3) is 10.9 Å². The van der Waals surface area contributed by atoms with Crippen molar-refractivity contribution in [2.24, 2.45) is 5.10 Å². The molecule has 1 aliphatic rings. The van der Waals surface area contributed by atoms with Crippen LogP contribution in [0.2, 0.25) is 0 Å². The van der Waals surface area contributed by atoms with Crippen LogP contribution in [0.1, 0.15) is 22.5 Å². The number of aromatic nitrogens is 1. The first kappa shape index (κ1) is 16.3. The van der Waals surface area contributed by atoms with Crippen LogP contribution in [0.5, 0.6) is 0 Å². The van der Waals surface area contributed by atoms with E-state index in [0.717, 1.165) is 10.9 Å². The molecule has 7 nitrogen and oxygen atoms in total. The van der Waals surface area contributed by atoms with Gasteiger partial charge in [0.2, 0.25) is 0 Å². The number of nitrogens with zero attached hydrogens (tertiary/aromatic N) is 1. The molecular formula is C18H16N4O3S. The van der Waals surface area contributed by atoms with Crippen LogP contribution in [0.15, 0.2) is 64.6 Å². The maximum Gasteiger partial charge on any atom is 0.276 e. The average molecular weight is 368 g/mol. The van der Waals surface area contributed by atoms with Crippen molar-refractivity contribution in [1.82, 2.24) is 15.1 Å². The third-order valence-corrected chi connectivity index (χ3v) is 5.45. The van der Waals surface area contributed by atoms with E-state index in [0.29, 0.717) is 29.9 Å². The molecule has 0 unspecified atom stereocenters. The van der Waals surface area contributed by atoms with Crippen LogP contribution in [-0.4, -0.2) is 31.6 Å². The van der Waals surface area contributed by atoms with E-state index < -0.39 is 10.0 Å². The quantitative estimate of drug-likeness (QED) is 0.616. The number of sulfonamides is 1. The van der Waals surface area contributed by atoms with Crippen LogP contribution in [0.3, 0.4) is 0 Å². The Labute approximate surface area is 150 Å². The first-order valence-electron chi connectivity index (χ1n) is 8.09. The molecule has 3 aromatic rings. The standard InChI is InChI=1S/C18H16N4O3S/c23-18-17-16(13-8-4-5-9-14(13)20-17)15(10-11-19-18)21-22-26(24,25)12-6-2-1-3-7-12/h1-9,20,22H,10-11H2,(H,19,23)/b21-15+. The average Bonchev–Trinajstić information content (AvgIpc) is 2.97. The van der Waals surface area contributed by atoms with Crippen LogP contribution < -0.4 is 10.1 Å². The van der Waals surface area contributed by atoms with Gasteiger partial charge >= 0.3 is 0 Å². The molecule has 4 rings (SSSR count). The Balaban J connectivity index is 1.79. The number of benzene rings is 2. The molecule has 0 saturated carbocycles. The van der Waals surface area contributed by atoms with Gasteiger partial charge in [0.1, 0.15) is 5.69 Å². The lowest BCUT2D eigenvalue weighted by Crippen LogP contribution is -2.23. The third-order valence-electron chi connectivity index (χ3n) is 4.22. The Hall–Kier alpha value is -3.13. The summed E-state index contributed by atoms with van der Waals surface area (Å²) in [5.41, 5.74) is 2.33. The molecule has 26 heavy (non-hydrogen) atoms. The van der Waals surface area contributed by atoms with Gasteiger partial charge in [0.25, 0.3) is 15.9 Å². The Morgan fingerprint density at radius 3 is 2.54 bits per heavy atom. The SMILES string of the molecule is O=C1NCC/C(=N\NS(=O)(=O)c2ccccc2)c2c1[nH]c1ccccc21. The summed E-state index contributed by atoms with van der Waals surface area (Å²) in [7, 11) is -3.78. The summed E-state index contributed by atoms with van der Waals surface area (Å²) in [6.07, 6.45) is 0.415. The Kier molecular flexibility index (Phi) is 3.96. The number of rotatable bonds is 3. The van der Waals surface area contributed by atoms with Crippen molar-refractivity contribution < 1.29 is 13.2 Å². The number of carbonyl (C=O) groups is 1. The number of hydrogen-bond donors (Lipinski definition) is 3. The van der Waals surface area contributed by atoms with Gasteiger partial charge in [-0.3, -0.25) is 4.79 Å². The smallest absolute Gasteiger partial charge is 0.276 e. The number of nitrogens with one attached hydrogen (secondary N) is 3. The molecule has 1 amide bonds. The molecule has 0 fully saturated rings. The second-order valence-corrected chi connectivity index (χ2v) is 7.55. The minimum Gasteiger partial charge on any atom is -0.350 e. The maximum atomic E-state index is 12.4. The summed E-state index contributed by atoms with van der Waals surface area (Å²) in [4.78, 5) is 17.8. The van der Waals surface area contributed by atoms with E-state index in [1.165, 1.54) is 12.1 Å². The lowest BCUT2D eigenvalue weighted by molar-refractivity contribution is 0.0952. The fraction of sp³-hybridized carbons (Fsp3) is 0.111. The molecule has 0 spiro atoms. The van der Waals surface area contributed by atoms with E-state index >= 15 is 0 Å². The van der Waals surface area contributed by atoms with Gasteiger partial charge < -0.3 is 10.3 Å². The van der Waals surface area contributed by atoms with Crippen molar-refractivity contribution in [2.75, 3.05) is 6.54 Å². The van der Waals surface area contributed by atoms with Gasteiger partial charge in [-0.15, -0.1) is 0 Å². The van der Waals surface area contributed by atoms with Crippen LogP contribution in [0, 0.1) is 0 Å². The van der Waals surface area contributed by atoms with Crippen LogP contribution in [-0.2, 0) is 10.0 Å². The molecule has 1 aromatic heterocycles. The number of carbonyl (C=O) groups excluding carboxylic acids is 1. The molecule has 3 N–H and O–H groups in total. The fourth-order valence-corrected chi connectivity index (χ4v) is 3.85. The number of H-pyrrole nitrogens is 1. The lowest BCUT2D eigenvalue weighted by atomic mass is 10.0. The second kappa shape index (κ2) is 6.30. The van der Waals surface area contributed by atoms with Gasteiger partial charge in [0, 0.05) is 29.4 Å². The van der Waals surface area contributed by atoms with E-state index in [4.69, 9.17) is 0 Å². The zero-order valence-electron chi connectivity index (χ0n) is 13.7. The van der Waals surface area contributed by atoms with Crippen molar-refractivity contribution >= 4 is 32.5 Å². The summed E-state index contributed by atoms with van der Waals surface area (Å²) in [6.45, 7) is 0.377. The molecular weight excluding hydrogens is 352 g/mol. The third kappa shape index (κ3) is 2.84. The number of fused-ring (bicyclic) bond motifs is 3. The topological polar surface area (TPSA) is 103 Å². The van der Waals surface area contributed by atoms with Crippen molar-refractivity contribution in [3.05, 3.63) is 65.9 Å². The Morgan fingerprint density at radius 2 is 1.73 bits per heavy atom. The zero-order chi connectivity index (χ0) is 18.1. The normalized spacial score (nSPS) is 16.2. The number of hydrogen-bond acceptors (Lipinski definition) is 4. The Bertz CT molecular complexity index is 1120. The highest BCUT2D eigenvalue weighted by molar-refractivity contribution is 7.89. The van der Waals surface area contributed by atoms with Gasteiger partial charge in [0.05, 0.1) is 10.6 Å². The van der Waals surface area contributed by atoms with E-state index in [1.807, 2.05) is 24.3 Å². The number of amides is 1. The molecule has 132 valence electrons. The molecule has 2 heterocycles. The first-order chi connectivity index (χ1) is 12.6. The van der Waals surface area contributed by atoms with Gasteiger partial charge in [-0.1, -0.05) is 36.4 Å². The number of hydrazone groups is 1. The molecule has 0 bridgehead atoms. The summed E-state index contributed by atoms with van der Waals surface area (Å²) in [6, 6.07) is 15.5. The van der Waals surface area contributed by atoms with Crippen molar-refractivity contribution in [2.45, 2.75) is 11.3 Å². The predicted molar refractivity (Wildman–Crippen MR) is 98.5 cm³/mol. The molecule has 1 aliphatic heterocycles. The predicted octanol–water partition coefficient (Wildman–Crippen LogP) is 1.98. The largest absolute Gasteiger partial charge is 0.350 e. The minimum atomic E-state index is -3.78. The monoisotopic (exact) mass is 368 g/mol. The lowest BCUT2D eigenvalue weighted by Gasteiger charge is -2.07. The fourth-order valence-electron chi connectivity index (χ4n) is 3.00. The van der Waals surface area contributed by atoms with Gasteiger partial charge in [-0.05, 0) is 18.2 Å². The van der Waals surface area contributed by atoms with E-state index in [-0.39, 0.29) is 10.8 Å². The molecule has 8 heteroatoms. The van der Waals surface area contributed by atoms with Crippen molar-refractivity contribution in [3.8, 4) is 0 Å².